The third-order valence-electron chi connectivity index (χ3n) is 6.42. The standard InChI is InChI=1S/C31H24N2O3/c34-31(33-27(22-11-5-2-6-12-22)17-21-9-3-1-4-10-21)25-19-28(32-26-14-8-7-13-24(25)26)23-15-16-29-30(18-23)36-20-35-29/h1-16,18-19,27H,17,20H2,(H,33,34)/t27-/m1/s1. The molecule has 5 heteroatoms. The molecule has 5 nitrogen and oxygen atoms in total. The lowest BCUT2D eigenvalue weighted by atomic mass is 9.97. The Kier molecular flexibility index (Phi) is 5.80. The first kappa shape index (κ1) is 21.9. The number of para-hydroxylation sites is 1. The maximum Gasteiger partial charge on any atom is 0.252 e. The molecule has 0 saturated carbocycles. The van der Waals surface area contributed by atoms with Gasteiger partial charge in [0.1, 0.15) is 0 Å². The number of rotatable bonds is 6. The van der Waals surface area contributed by atoms with Gasteiger partial charge in [0.15, 0.2) is 11.5 Å². The molecule has 1 N–H and O–H groups in total. The number of benzene rings is 4. The van der Waals surface area contributed by atoms with E-state index in [-0.39, 0.29) is 18.7 Å². The Bertz CT molecular complexity index is 1530. The molecule has 0 bridgehead atoms. The molecule has 176 valence electrons. The minimum Gasteiger partial charge on any atom is -0.454 e. The first-order valence-corrected chi connectivity index (χ1v) is 11.9. The van der Waals surface area contributed by atoms with Crippen LogP contribution in [0.15, 0.2) is 109 Å². The minimum atomic E-state index is -0.179. The molecule has 1 aliphatic heterocycles. The van der Waals surface area contributed by atoms with Crippen LogP contribution in [0.2, 0.25) is 0 Å². The molecule has 5 aromatic rings. The maximum atomic E-state index is 13.8. The second kappa shape index (κ2) is 9.55. The normalized spacial score (nSPS) is 12.9. The third kappa shape index (κ3) is 4.39. The van der Waals surface area contributed by atoms with Gasteiger partial charge in [-0.3, -0.25) is 4.79 Å². The molecular formula is C31H24N2O3. The fraction of sp³-hybridized carbons (Fsp3) is 0.0968. The van der Waals surface area contributed by atoms with Gasteiger partial charge in [-0.25, -0.2) is 4.98 Å². The Morgan fingerprint density at radius 2 is 1.53 bits per heavy atom. The number of fused-ring (bicyclic) bond motifs is 2. The van der Waals surface area contributed by atoms with E-state index < -0.39 is 0 Å². The van der Waals surface area contributed by atoms with Crippen LogP contribution in [-0.4, -0.2) is 17.7 Å². The summed E-state index contributed by atoms with van der Waals surface area (Å²) in [5.41, 5.74) is 5.13. The minimum absolute atomic E-state index is 0.139. The summed E-state index contributed by atoms with van der Waals surface area (Å²) in [6.45, 7) is 0.208. The zero-order chi connectivity index (χ0) is 24.3. The topological polar surface area (TPSA) is 60.5 Å². The van der Waals surface area contributed by atoms with Crippen molar-refractivity contribution in [1.29, 1.82) is 0 Å². The number of carbonyl (C=O) groups excluding carboxylic acids is 1. The van der Waals surface area contributed by atoms with E-state index in [1.807, 2.05) is 84.9 Å². The lowest BCUT2D eigenvalue weighted by molar-refractivity contribution is 0.0938. The highest BCUT2D eigenvalue weighted by atomic mass is 16.7. The Balaban J connectivity index is 1.39. The molecule has 6 rings (SSSR count). The van der Waals surface area contributed by atoms with Crippen LogP contribution in [0.25, 0.3) is 22.2 Å². The zero-order valence-electron chi connectivity index (χ0n) is 19.6. The molecule has 2 heterocycles. The van der Waals surface area contributed by atoms with Crippen LogP contribution < -0.4 is 14.8 Å². The molecular weight excluding hydrogens is 448 g/mol. The zero-order valence-corrected chi connectivity index (χ0v) is 19.6. The number of carbonyl (C=O) groups is 1. The molecule has 1 aromatic heterocycles. The van der Waals surface area contributed by atoms with Gasteiger partial charge in [0, 0.05) is 10.9 Å². The summed E-state index contributed by atoms with van der Waals surface area (Å²) in [7, 11) is 0. The van der Waals surface area contributed by atoms with Gasteiger partial charge in [-0.2, -0.15) is 0 Å². The molecule has 0 spiro atoms. The largest absolute Gasteiger partial charge is 0.454 e. The van der Waals surface area contributed by atoms with Crippen molar-refractivity contribution < 1.29 is 14.3 Å². The lowest BCUT2D eigenvalue weighted by Crippen LogP contribution is -2.30. The molecule has 1 aliphatic rings. The number of nitrogens with one attached hydrogen (secondary N) is 1. The lowest BCUT2D eigenvalue weighted by Gasteiger charge is -2.20. The first-order chi connectivity index (χ1) is 17.7. The highest BCUT2D eigenvalue weighted by Gasteiger charge is 2.21. The van der Waals surface area contributed by atoms with Crippen molar-refractivity contribution in [1.82, 2.24) is 10.3 Å². The van der Waals surface area contributed by atoms with Crippen LogP contribution in [0.3, 0.4) is 0 Å². The van der Waals surface area contributed by atoms with Gasteiger partial charge < -0.3 is 14.8 Å². The van der Waals surface area contributed by atoms with Crippen LogP contribution >= 0.6 is 0 Å². The van der Waals surface area contributed by atoms with E-state index in [9.17, 15) is 4.79 Å². The highest BCUT2D eigenvalue weighted by Crippen LogP contribution is 2.36. The number of amides is 1. The van der Waals surface area contributed by atoms with Crippen LogP contribution in [0, 0.1) is 0 Å². The smallest absolute Gasteiger partial charge is 0.252 e. The van der Waals surface area contributed by atoms with Crippen molar-refractivity contribution in [3.05, 3.63) is 126 Å². The molecule has 0 aliphatic carbocycles. The van der Waals surface area contributed by atoms with E-state index in [2.05, 4.69) is 29.6 Å². The van der Waals surface area contributed by atoms with E-state index in [0.717, 1.165) is 27.6 Å². The van der Waals surface area contributed by atoms with Gasteiger partial charge in [0.2, 0.25) is 6.79 Å². The van der Waals surface area contributed by atoms with Gasteiger partial charge in [0.25, 0.3) is 5.91 Å². The molecule has 1 atom stereocenters. The number of hydrogen-bond donors (Lipinski definition) is 1. The second-order valence-electron chi connectivity index (χ2n) is 8.77. The van der Waals surface area contributed by atoms with Crippen molar-refractivity contribution >= 4 is 16.8 Å². The molecule has 0 fully saturated rings. The summed E-state index contributed by atoms with van der Waals surface area (Å²) >= 11 is 0. The highest BCUT2D eigenvalue weighted by molar-refractivity contribution is 6.07. The average Bonchev–Trinajstić information content (AvgIpc) is 3.41. The van der Waals surface area contributed by atoms with E-state index in [0.29, 0.717) is 29.2 Å². The summed E-state index contributed by atoms with van der Waals surface area (Å²) in [5.74, 6) is 1.25. The average molecular weight is 473 g/mol. The van der Waals surface area contributed by atoms with Crippen LogP contribution in [0.1, 0.15) is 27.5 Å². The molecule has 4 aromatic carbocycles. The van der Waals surface area contributed by atoms with Crippen molar-refractivity contribution in [2.24, 2.45) is 0 Å². The number of nitrogens with zero attached hydrogens (tertiary/aromatic N) is 1. The third-order valence-corrected chi connectivity index (χ3v) is 6.42. The molecule has 0 radical (unpaired) electrons. The van der Waals surface area contributed by atoms with Gasteiger partial charge in [-0.05, 0) is 47.9 Å². The Hall–Kier alpha value is -4.64. The Morgan fingerprint density at radius 1 is 0.806 bits per heavy atom. The molecule has 0 saturated heterocycles. The van der Waals surface area contributed by atoms with Crippen molar-refractivity contribution in [3.8, 4) is 22.8 Å². The van der Waals surface area contributed by atoms with E-state index in [4.69, 9.17) is 14.5 Å². The van der Waals surface area contributed by atoms with Crippen LogP contribution in [0.4, 0.5) is 0 Å². The predicted molar refractivity (Wildman–Crippen MR) is 140 cm³/mol. The molecule has 0 unspecified atom stereocenters. The van der Waals surface area contributed by atoms with E-state index >= 15 is 0 Å². The summed E-state index contributed by atoms with van der Waals surface area (Å²) < 4.78 is 11.0. The fourth-order valence-corrected chi connectivity index (χ4v) is 4.59. The van der Waals surface area contributed by atoms with E-state index in [1.54, 1.807) is 0 Å². The van der Waals surface area contributed by atoms with Crippen molar-refractivity contribution in [2.45, 2.75) is 12.5 Å². The number of pyridine rings is 1. The van der Waals surface area contributed by atoms with Crippen LogP contribution in [0.5, 0.6) is 11.5 Å². The number of aromatic nitrogens is 1. The summed E-state index contributed by atoms with van der Waals surface area (Å²) in [6.07, 6.45) is 0.689. The van der Waals surface area contributed by atoms with Gasteiger partial charge in [-0.15, -0.1) is 0 Å². The Morgan fingerprint density at radius 3 is 2.36 bits per heavy atom. The predicted octanol–water partition coefficient (Wildman–Crippen LogP) is 6.34. The monoisotopic (exact) mass is 472 g/mol. The van der Waals surface area contributed by atoms with Crippen LogP contribution in [-0.2, 0) is 6.42 Å². The molecule has 1 amide bonds. The van der Waals surface area contributed by atoms with E-state index in [1.165, 1.54) is 0 Å². The second-order valence-corrected chi connectivity index (χ2v) is 8.77. The Labute approximate surface area is 209 Å². The SMILES string of the molecule is O=C(N[C@H](Cc1ccccc1)c1ccccc1)c1cc(-c2ccc3c(c2)OCO3)nc2ccccc12. The van der Waals surface area contributed by atoms with Gasteiger partial charge in [0.05, 0.1) is 22.8 Å². The maximum absolute atomic E-state index is 13.8. The summed E-state index contributed by atoms with van der Waals surface area (Å²) in [4.78, 5) is 18.7. The summed E-state index contributed by atoms with van der Waals surface area (Å²) in [5, 5.41) is 4.11. The molecule has 36 heavy (non-hydrogen) atoms. The van der Waals surface area contributed by atoms with Crippen molar-refractivity contribution in [3.63, 3.8) is 0 Å². The number of hydrogen-bond acceptors (Lipinski definition) is 4. The van der Waals surface area contributed by atoms with Gasteiger partial charge >= 0.3 is 0 Å². The summed E-state index contributed by atoms with van der Waals surface area (Å²) in [6, 6.07) is 35.4. The first-order valence-electron chi connectivity index (χ1n) is 11.9. The quantitative estimate of drug-likeness (QED) is 0.313. The fourth-order valence-electron chi connectivity index (χ4n) is 4.59. The van der Waals surface area contributed by atoms with Gasteiger partial charge in [-0.1, -0.05) is 78.9 Å². The van der Waals surface area contributed by atoms with Crippen molar-refractivity contribution in [2.75, 3.05) is 6.79 Å². The number of ether oxygens (including phenoxy) is 2.